The number of hydrazine groups is 1. The van der Waals surface area contributed by atoms with Gasteiger partial charge < -0.3 is 5.43 Å². The van der Waals surface area contributed by atoms with E-state index in [1.165, 1.54) is 6.07 Å². The molecule has 1 aromatic carbocycles. The van der Waals surface area contributed by atoms with Crippen LogP contribution in [-0.2, 0) is 10.0 Å². The first-order valence-corrected chi connectivity index (χ1v) is 7.95. The van der Waals surface area contributed by atoms with Gasteiger partial charge in [0.25, 0.3) is 5.69 Å². The number of hydrogen-bond acceptors (Lipinski definition) is 6. The summed E-state index contributed by atoms with van der Waals surface area (Å²) in [7, 11) is -3.82. The van der Waals surface area contributed by atoms with Crippen molar-refractivity contribution in [2.45, 2.75) is 37.1 Å². The van der Waals surface area contributed by atoms with Crippen molar-refractivity contribution >= 4 is 21.4 Å². The van der Waals surface area contributed by atoms with Crippen LogP contribution in [0.1, 0.15) is 26.7 Å². The number of nitro groups is 1. The second-order valence-electron chi connectivity index (χ2n) is 5.68. The molecular weight excluding hydrogens is 296 g/mol. The van der Waals surface area contributed by atoms with Crippen molar-refractivity contribution in [1.82, 2.24) is 4.72 Å². The first-order chi connectivity index (χ1) is 9.67. The molecule has 0 atom stereocenters. The average Bonchev–Trinajstić information content (AvgIpc) is 3.21. The third kappa shape index (κ3) is 3.31. The summed E-state index contributed by atoms with van der Waals surface area (Å²) in [6, 6.07) is 3.41. The normalized spacial score (nSPS) is 15.8. The van der Waals surface area contributed by atoms with Crippen molar-refractivity contribution in [3.63, 3.8) is 0 Å². The molecule has 21 heavy (non-hydrogen) atoms. The molecule has 0 heterocycles. The van der Waals surface area contributed by atoms with E-state index in [0.717, 1.165) is 25.0 Å². The summed E-state index contributed by atoms with van der Waals surface area (Å²) in [4.78, 5) is 10.0. The number of benzene rings is 1. The van der Waals surface area contributed by atoms with Crippen molar-refractivity contribution in [2.24, 2.45) is 11.8 Å². The fraction of sp³-hybridized carbons (Fsp3) is 0.500. The number of nitrogens with one attached hydrogen (secondary N) is 2. The Labute approximate surface area is 122 Å². The topological polar surface area (TPSA) is 127 Å². The number of nitrogens with two attached hydrogens (primary N) is 1. The van der Waals surface area contributed by atoms with Crippen LogP contribution in [0.4, 0.5) is 11.4 Å². The van der Waals surface area contributed by atoms with Crippen LogP contribution in [0.15, 0.2) is 23.1 Å². The quantitative estimate of drug-likeness (QED) is 0.413. The number of nitro benzene ring substituents is 1. The molecule has 8 nitrogen and oxygen atoms in total. The van der Waals surface area contributed by atoms with Crippen LogP contribution in [-0.4, -0.2) is 18.9 Å². The third-order valence-electron chi connectivity index (χ3n) is 3.61. The van der Waals surface area contributed by atoms with Crippen molar-refractivity contribution < 1.29 is 13.3 Å². The maximum atomic E-state index is 12.5. The molecule has 0 aliphatic heterocycles. The Hall–Kier alpha value is -1.71. The number of non-ortho nitro benzene ring substituents is 1. The van der Waals surface area contributed by atoms with E-state index in [2.05, 4.69) is 10.1 Å². The lowest BCUT2D eigenvalue weighted by atomic mass is 10.0. The molecule has 1 aliphatic carbocycles. The zero-order chi connectivity index (χ0) is 15.8. The Balaban J connectivity index is 2.37. The fourth-order valence-corrected chi connectivity index (χ4v) is 3.89. The molecule has 1 aromatic rings. The van der Waals surface area contributed by atoms with E-state index in [0.29, 0.717) is 5.92 Å². The standard InChI is InChI=1S/C12H18N4O4S/c1-12(2,8-3-4-8)15-21(19,20)11-6-5-9(16(17)18)7-10(11)14-13/h5-8,14-15H,3-4,13H2,1-2H3. The van der Waals surface area contributed by atoms with Crippen molar-refractivity contribution in [1.29, 1.82) is 0 Å². The van der Waals surface area contributed by atoms with Gasteiger partial charge in [0.2, 0.25) is 10.0 Å². The van der Waals surface area contributed by atoms with E-state index in [-0.39, 0.29) is 16.3 Å². The molecule has 0 aromatic heterocycles. The fourth-order valence-electron chi connectivity index (χ4n) is 2.27. The van der Waals surface area contributed by atoms with Gasteiger partial charge in [-0.25, -0.2) is 13.1 Å². The van der Waals surface area contributed by atoms with Gasteiger partial charge in [-0.05, 0) is 38.7 Å². The maximum Gasteiger partial charge on any atom is 0.271 e. The minimum absolute atomic E-state index is 0.0108. The molecule has 0 amide bonds. The highest BCUT2D eigenvalue weighted by Gasteiger charge is 2.41. The molecule has 0 spiro atoms. The van der Waals surface area contributed by atoms with E-state index in [4.69, 9.17) is 5.84 Å². The monoisotopic (exact) mass is 314 g/mol. The van der Waals surface area contributed by atoms with Crippen LogP contribution in [0.25, 0.3) is 0 Å². The van der Waals surface area contributed by atoms with Gasteiger partial charge in [0.05, 0.1) is 10.6 Å². The van der Waals surface area contributed by atoms with E-state index in [9.17, 15) is 18.5 Å². The van der Waals surface area contributed by atoms with Crippen molar-refractivity contribution in [3.05, 3.63) is 28.3 Å². The largest absolute Gasteiger partial charge is 0.323 e. The first kappa shape index (κ1) is 15.7. The number of sulfonamides is 1. The van der Waals surface area contributed by atoms with E-state index in [1.807, 2.05) is 13.8 Å². The highest BCUT2D eigenvalue weighted by molar-refractivity contribution is 7.89. The molecule has 4 N–H and O–H groups in total. The van der Waals surface area contributed by atoms with Crippen LogP contribution in [0.2, 0.25) is 0 Å². The van der Waals surface area contributed by atoms with Gasteiger partial charge in [-0.15, -0.1) is 0 Å². The number of hydrogen-bond donors (Lipinski definition) is 3. The molecule has 2 rings (SSSR count). The van der Waals surface area contributed by atoms with Crippen LogP contribution in [0.5, 0.6) is 0 Å². The highest BCUT2D eigenvalue weighted by atomic mass is 32.2. The second-order valence-corrected chi connectivity index (χ2v) is 7.33. The number of nitrogens with zero attached hydrogens (tertiary/aromatic N) is 1. The van der Waals surface area contributed by atoms with Gasteiger partial charge in [-0.2, -0.15) is 0 Å². The molecule has 1 saturated carbocycles. The van der Waals surface area contributed by atoms with Crippen molar-refractivity contribution in [3.8, 4) is 0 Å². The summed E-state index contributed by atoms with van der Waals surface area (Å²) in [6.45, 7) is 3.65. The van der Waals surface area contributed by atoms with Crippen LogP contribution >= 0.6 is 0 Å². The SMILES string of the molecule is CC(C)(NS(=O)(=O)c1ccc([N+](=O)[O-])cc1NN)C1CC1. The summed E-state index contributed by atoms with van der Waals surface area (Å²) in [5.41, 5.74) is 1.40. The predicted octanol–water partition coefficient (Wildman–Crippen LogP) is 1.35. The van der Waals surface area contributed by atoms with Gasteiger partial charge in [-0.1, -0.05) is 0 Å². The smallest absolute Gasteiger partial charge is 0.271 e. The molecule has 9 heteroatoms. The van der Waals surface area contributed by atoms with Gasteiger partial charge in [-0.3, -0.25) is 16.0 Å². The zero-order valence-electron chi connectivity index (χ0n) is 11.8. The Morgan fingerprint density at radius 2 is 2.00 bits per heavy atom. The van der Waals surface area contributed by atoms with E-state index >= 15 is 0 Å². The molecule has 116 valence electrons. The van der Waals surface area contributed by atoms with Crippen LogP contribution in [0, 0.1) is 16.0 Å². The van der Waals surface area contributed by atoms with Crippen LogP contribution < -0.4 is 16.0 Å². The van der Waals surface area contributed by atoms with Gasteiger partial charge in [0.1, 0.15) is 4.90 Å². The Bertz CT molecular complexity index is 668. The van der Waals surface area contributed by atoms with E-state index in [1.54, 1.807) is 0 Å². The first-order valence-electron chi connectivity index (χ1n) is 6.46. The summed E-state index contributed by atoms with van der Waals surface area (Å²) < 4.78 is 27.6. The number of rotatable bonds is 6. The van der Waals surface area contributed by atoms with Crippen molar-refractivity contribution in [2.75, 3.05) is 5.43 Å². The maximum absolute atomic E-state index is 12.5. The van der Waals surface area contributed by atoms with Gasteiger partial charge in [0.15, 0.2) is 0 Å². The summed E-state index contributed by atoms with van der Waals surface area (Å²) in [5, 5.41) is 10.7. The molecule has 0 bridgehead atoms. The van der Waals surface area contributed by atoms with E-state index < -0.39 is 20.5 Å². The molecule has 1 fully saturated rings. The van der Waals surface area contributed by atoms with Gasteiger partial charge >= 0.3 is 0 Å². The molecular formula is C12H18N4O4S. The number of anilines is 1. The lowest BCUT2D eigenvalue weighted by Gasteiger charge is -2.26. The summed E-state index contributed by atoms with van der Waals surface area (Å²) in [6.07, 6.45) is 1.97. The minimum atomic E-state index is -3.82. The predicted molar refractivity (Wildman–Crippen MR) is 78.0 cm³/mol. The Morgan fingerprint density at radius 3 is 2.48 bits per heavy atom. The second kappa shape index (κ2) is 5.24. The molecule has 1 aliphatic rings. The molecule has 0 radical (unpaired) electrons. The Kier molecular flexibility index (Phi) is 3.91. The van der Waals surface area contributed by atoms with Crippen LogP contribution in [0.3, 0.4) is 0 Å². The minimum Gasteiger partial charge on any atom is -0.323 e. The Morgan fingerprint density at radius 1 is 1.38 bits per heavy atom. The highest BCUT2D eigenvalue weighted by Crippen LogP contribution is 2.40. The van der Waals surface area contributed by atoms with Gasteiger partial charge in [0, 0.05) is 17.7 Å². The average molecular weight is 314 g/mol. The molecule has 0 unspecified atom stereocenters. The third-order valence-corrected chi connectivity index (χ3v) is 5.34. The lowest BCUT2D eigenvalue weighted by molar-refractivity contribution is -0.384. The molecule has 0 saturated heterocycles. The lowest BCUT2D eigenvalue weighted by Crippen LogP contribution is -2.45. The summed E-state index contributed by atoms with van der Waals surface area (Å²) in [5.74, 6) is 5.59. The zero-order valence-corrected chi connectivity index (χ0v) is 12.6. The number of nitrogen functional groups attached to an aromatic ring is 1. The summed E-state index contributed by atoms with van der Waals surface area (Å²) >= 11 is 0.